The minimum absolute atomic E-state index is 0.191. The number of carbonyl (C=O) groups is 1. The summed E-state index contributed by atoms with van der Waals surface area (Å²) in [5.41, 5.74) is 1.44. The summed E-state index contributed by atoms with van der Waals surface area (Å²) < 4.78 is 48.3. The lowest BCUT2D eigenvalue weighted by molar-refractivity contribution is -0.192. The topological polar surface area (TPSA) is 68.2 Å². The van der Waals surface area contributed by atoms with Gasteiger partial charge >= 0.3 is 12.1 Å². The maximum Gasteiger partial charge on any atom is 0.490 e. The van der Waals surface area contributed by atoms with Crippen LogP contribution in [0.5, 0.6) is 5.75 Å². The molecule has 0 spiro atoms. The van der Waals surface area contributed by atoms with Gasteiger partial charge in [-0.05, 0) is 6.07 Å². The molecule has 2 saturated heterocycles. The van der Waals surface area contributed by atoms with Crippen LogP contribution in [0.3, 0.4) is 0 Å². The van der Waals surface area contributed by atoms with Crippen molar-refractivity contribution in [1.82, 2.24) is 4.90 Å². The second-order valence-corrected chi connectivity index (χ2v) is 6.79. The molecule has 1 aromatic carbocycles. The van der Waals surface area contributed by atoms with Crippen molar-refractivity contribution >= 4 is 5.97 Å². The van der Waals surface area contributed by atoms with E-state index >= 15 is 0 Å². The van der Waals surface area contributed by atoms with Crippen LogP contribution in [0.25, 0.3) is 0 Å². The van der Waals surface area contributed by atoms with E-state index in [0.717, 1.165) is 45.2 Å². The van der Waals surface area contributed by atoms with E-state index < -0.39 is 12.1 Å². The number of aliphatic carboxylic acids is 1. The molecule has 152 valence electrons. The van der Waals surface area contributed by atoms with Crippen LogP contribution in [0.2, 0.25) is 0 Å². The first-order valence-electron chi connectivity index (χ1n) is 8.43. The van der Waals surface area contributed by atoms with Gasteiger partial charge in [-0.25, -0.2) is 4.79 Å². The second kappa shape index (κ2) is 8.90. The van der Waals surface area contributed by atoms with Crippen LogP contribution in [0.1, 0.15) is 5.56 Å². The lowest BCUT2D eigenvalue weighted by Crippen LogP contribution is -2.35. The number of ether oxygens (including phenoxy) is 3. The lowest BCUT2D eigenvalue weighted by Gasteiger charge is -2.26. The number of likely N-dealkylation sites (tertiary alicyclic amines) is 1. The standard InChI is InChI=1S/C16H23NO3.C2HF3O2/c1-18-11-16-10-17(8-14(16)9-20-12-16)7-13-5-3-4-6-15(13)19-2;3-2(4,5)1(6)7/h3-6,14H,7-12H2,1-2H3;(H,6,7)/t14-,16-;/m1./s1. The number of nitrogens with zero attached hydrogens (tertiary/aromatic N) is 1. The zero-order valence-electron chi connectivity index (χ0n) is 15.3. The molecule has 1 N–H and O–H groups in total. The number of alkyl halides is 3. The normalized spacial score (nSPS) is 24.9. The van der Waals surface area contributed by atoms with Gasteiger partial charge in [-0.2, -0.15) is 13.2 Å². The van der Waals surface area contributed by atoms with Gasteiger partial charge < -0.3 is 19.3 Å². The van der Waals surface area contributed by atoms with Crippen molar-refractivity contribution in [2.75, 3.05) is 47.1 Å². The SMILES string of the molecule is COC[C@]12COC[C@H]1CN(Cc1ccccc1OC)C2.O=C(O)C(F)(F)F. The molecule has 0 aliphatic carbocycles. The van der Waals surface area contributed by atoms with Crippen LogP contribution in [0.15, 0.2) is 24.3 Å². The summed E-state index contributed by atoms with van der Waals surface area (Å²) in [6, 6.07) is 8.26. The largest absolute Gasteiger partial charge is 0.496 e. The molecule has 9 heteroatoms. The van der Waals surface area contributed by atoms with Crippen LogP contribution >= 0.6 is 0 Å². The molecular weight excluding hydrogens is 367 g/mol. The molecule has 6 nitrogen and oxygen atoms in total. The van der Waals surface area contributed by atoms with E-state index in [9.17, 15) is 13.2 Å². The van der Waals surface area contributed by atoms with E-state index in [1.165, 1.54) is 5.56 Å². The predicted molar refractivity (Wildman–Crippen MR) is 90.6 cm³/mol. The van der Waals surface area contributed by atoms with E-state index in [0.29, 0.717) is 5.92 Å². The monoisotopic (exact) mass is 391 g/mol. The molecule has 0 radical (unpaired) electrons. The van der Waals surface area contributed by atoms with Crippen molar-refractivity contribution in [1.29, 1.82) is 0 Å². The molecule has 0 aromatic heterocycles. The Morgan fingerprint density at radius 1 is 1.37 bits per heavy atom. The molecule has 2 aliphatic rings. The van der Waals surface area contributed by atoms with Crippen LogP contribution < -0.4 is 4.74 Å². The summed E-state index contributed by atoms with van der Waals surface area (Å²) in [5.74, 6) is -1.19. The van der Waals surface area contributed by atoms with Gasteiger partial charge in [0.1, 0.15) is 5.75 Å². The first kappa shape index (κ1) is 21.5. The van der Waals surface area contributed by atoms with Crippen molar-refractivity contribution in [3.63, 3.8) is 0 Å². The predicted octanol–water partition coefficient (Wildman–Crippen LogP) is 2.42. The number of carboxylic acid groups (broad SMARTS) is 1. The lowest BCUT2D eigenvalue weighted by atomic mass is 9.82. The Morgan fingerprint density at radius 2 is 2.04 bits per heavy atom. The van der Waals surface area contributed by atoms with E-state index in [-0.39, 0.29) is 5.41 Å². The van der Waals surface area contributed by atoms with Crippen molar-refractivity contribution in [2.45, 2.75) is 12.7 Å². The molecule has 0 amide bonds. The summed E-state index contributed by atoms with van der Waals surface area (Å²) in [4.78, 5) is 11.4. The highest BCUT2D eigenvalue weighted by molar-refractivity contribution is 5.73. The number of methoxy groups -OCH3 is 2. The van der Waals surface area contributed by atoms with Gasteiger partial charge in [0.05, 0.1) is 26.9 Å². The Kier molecular flexibility index (Phi) is 7.07. The summed E-state index contributed by atoms with van der Waals surface area (Å²) >= 11 is 0. The molecule has 2 heterocycles. The fourth-order valence-electron chi connectivity index (χ4n) is 3.63. The third-order valence-corrected chi connectivity index (χ3v) is 4.85. The number of carboxylic acids is 1. The molecule has 2 aliphatic heterocycles. The number of para-hydroxylation sites is 1. The molecule has 0 unspecified atom stereocenters. The molecule has 2 fully saturated rings. The van der Waals surface area contributed by atoms with Gasteiger partial charge in [0.2, 0.25) is 0 Å². The number of fused-ring (bicyclic) bond motifs is 1. The number of hydrogen-bond donors (Lipinski definition) is 1. The summed E-state index contributed by atoms with van der Waals surface area (Å²) in [7, 11) is 3.52. The fourth-order valence-corrected chi connectivity index (χ4v) is 3.63. The maximum absolute atomic E-state index is 10.6. The van der Waals surface area contributed by atoms with Gasteiger partial charge in [-0.3, -0.25) is 4.90 Å². The molecule has 1 aromatic rings. The average Bonchev–Trinajstić information content (AvgIpc) is 3.11. The van der Waals surface area contributed by atoms with E-state index in [2.05, 4.69) is 17.0 Å². The van der Waals surface area contributed by atoms with Gasteiger partial charge in [-0.15, -0.1) is 0 Å². The molecule has 27 heavy (non-hydrogen) atoms. The zero-order chi connectivity index (χ0) is 20.1. The van der Waals surface area contributed by atoms with Gasteiger partial charge in [0.25, 0.3) is 0 Å². The molecular formula is C18H24F3NO5. The number of halogens is 3. The summed E-state index contributed by atoms with van der Waals surface area (Å²) in [6.45, 7) is 5.55. The maximum atomic E-state index is 10.6. The summed E-state index contributed by atoms with van der Waals surface area (Å²) in [6.07, 6.45) is -5.08. The number of benzene rings is 1. The smallest absolute Gasteiger partial charge is 0.490 e. The first-order valence-corrected chi connectivity index (χ1v) is 8.43. The molecule has 0 saturated carbocycles. The highest BCUT2D eigenvalue weighted by Crippen LogP contribution is 2.42. The third kappa shape index (κ3) is 5.33. The van der Waals surface area contributed by atoms with Gasteiger partial charge in [0, 0.05) is 43.6 Å². The fraction of sp³-hybridized carbons (Fsp3) is 0.611. The Morgan fingerprint density at radius 3 is 2.63 bits per heavy atom. The van der Waals surface area contributed by atoms with E-state index in [1.54, 1.807) is 14.2 Å². The highest BCUT2D eigenvalue weighted by Gasteiger charge is 2.50. The van der Waals surface area contributed by atoms with Crippen molar-refractivity contribution in [3.8, 4) is 5.75 Å². The minimum Gasteiger partial charge on any atom is -0.496 e. The van der Waals surface area contributed by atoms with Crippen LogP contribution in [0, 0.1) is 11.3 Å². The van der Waals surface area contributed by atoms with E-state index in [4.69, 9.17) is 24.1 Å². The number of hydrogen-bond acceptors (Lipinski definition) is 5. The summed E-state index contributed by atoms with van der Waals surface area (Å²) in [5, 5.41) is 7.12. The van der Waals surface area contributed by atoms with Gasteiger partial charge in [0.15, 0.2) is 0 Å². The quantitative estimate of drug-likeness (QED) is 0.832. The van der Waals surface area contributed by atoms with Crippen LogP contribution in [-0.2, 0) is 20.8 Å². The van der Waals surface area contributed by atoms with Crippen molar-refractivity contribution in [2.24, 2.45) is 11.3 Å². The van der Waals surface area contributed by atoms with Crippen LogP contribution in [-0.4, -0.2) is 69.3 Å². The zero-order valence-corrected chi connectivity index (χ0v) is 15.3. The van der Waals surface area contributed by atoms with Gasteiger partial charge in [-0.1, -0.05) is 18.2 Å². The molecule has 2 atom stereocenters. The van der Waals surface area contributed by atoms with Crippen LogP contribution in [0.4, 0.5) is 13.2 Å². The average molecular weight is 391 g/mol. The Hall–Kier alpha value is -1.84. The highest BCUT2D eigenvalue weighted by atomic mass is 19.4. The minimum atomic E-state index is -5.08. The van der Waals surface area contributed by atoms with Crippen molar-refractivity contribution in [3.05, 3.63) is 29.8 Å². The first-order chi connectivity index (χ1) is 12.7. The second-order valence-electron chi connectivity index (χ2n) is 6.79. The van der Waals surface area contributed by atoms with E-state index in [1.807, 2.05) is 12.1 Å². The number of rotatable bonds is 5. The third-order valence-electron chi connectivity index (χ3n) is 4.85. The Balaban J connectivity index is 0.000000321. The molecule has 3 rings (SSSR count). The van der Waals surface area contributed by atoms with Crippen molar-refractivity contribution < 1.29 is 37.3 Å². The molecule has 0 bridgehead atoms. The Bertz CT molecular complexity index is 640. The Labute approximate surface area is 155 Å².